The van der Waals surface area contributed by atoms with E-state index < -0.39 is 6.04 Å². The minimum Gasteiger partial charge on any atom is -0.394 e. The Morgan fingerprint density at radius 1 is 1.28 bits per heavy atom. The summed E-state index contributed by atoms with van der Waals surface area (Å²) >= 11 is 12.5. The smallest absolute Gasteiger partial charge is 0.0829 e. The molecule has 0 aromatic heterocycles. The number of anilines is 1. The molecule has 6 heteroatoms. The second-order valence-electron chi connectivity index (χ2n) is 4.19. The first-order valence-corrected chi connectivity index (χ1v) is 6.57. The third-order valence-corrected chi connectivity index (χ3v) is 3.93. The number of ether oxygens (including phenoxy) is 1. The molecule has 3 N–H and O–H groups in total. The molecule has 1 aliphatic rings. The maximum atomic E-state index is 9.07. The van der Waals surface area contributed by atoms with Gasteiger partial charge in [0, 0.05) is 13.1 Å². The van der Waals surface area contributed by atoms with Crippen LogP contribution in [0.5, 0.6) is 0 Å². The number of nitrogens with two attached hydrogens (primary N) is 1. The predicted molar refractivity (Wildman–Crippen MR) is 73.5 cm³/mol. The molecule has 1 fully saturated rings. The van der Waals surface area contributed by atoms with Crippen molar-refractivity contribution in [2.45, 2.75) is 6.04 Å². The summed E-state index contributed by atoms with van der Waals surface area (Å²) < 4.78 is 5.30. The van der Waals surface area contributed by atoms with E-state index in [2.05, 4.69) is 4.90 Å². The lowest BCUT2D eigenvalue weighted by molar-refractivity contribution is 0.122. The fourth-order valence-corrected chi connectivity index (χ4v) is 2.58. The molecular weight excluding hydrogens is 275 g/mol. The van der Waals surface area contributed by atoms with Crippen LogP contribution in [0.1, 0.15) is 11.6 Å². The van der Waals surface area contributed by atoms with Gasteiger partial charge in [-0.15, -0.1) is 0 Å². The molecule has 0 unspecified atom stereocenters. The zero-order chi connectivity index (χ0) is 13.1. The zero-order valence-electron chi connectivity index (χ0n) is 9.90. The van der Waals surface area contributed by atoms with Crippen molar-refractivity contribution in [1.82, 2.24) is 0 Å². The van der Waals surface area contributed by atoms with E-state index in [4.69, 9.17) is 38.8 Å². The summed E-state index contributed by atoms with van der Waals surface area (Å²) in [4.78, 5) is 2.13. The van der Waals surface area contributed by atoms with Crippen LogP contribution >= 0.6 is 23.2 Å². The molecule has 100 valence electrons. The highest BCUT2D eigenvalue weighted by Crippen LogP contribution is 2.37. The fraction of sp³-hybridized carbons (Fsp3) is 0.500. The standard InChI is InChI=1S/C12H16Cl2N2O2/c13-11-8(9(15)7-17)1-2-10(12(11)14)16-3-5-18-6-4-16/h1-2,9,17H,3-7,15H2/t9-/m1/s1. The first-order chi connectivity index (χ1) is 8.65. The Bertz CT molecular complexity index is 423. The minimum atomic E-state index is -0.506. The van der Waals surface area contributed by atoms with E-state index in [0.717, 1.165) is 18.8 Å². The summed E-state index contributed by atoms with van der Waals surface area (Å²) in [6, 6.07) is 3.21. The number of benzene rings is 1. The molecule has 1 aromatic rings. The van der Waals surface area contributed by atoms with Crippen LogP contribution in [0.25, 0.3) is 0 Å². The Morgan fingerprint density at radius 2 is 1.94 bits per heavy atom. The van der Waals surface area contributed by atoms with Crippen LogP contribution in [0.15, 0.2) is 12.1 Å². The zero-order valence-corrected chi connectivity index (χ0v) is 11.4. The lowest BCUT2D eigenvalue weighted by Crippen LogP contribution is -2.36. The third-order valence-electron chi connectivity index (χ3n) is 3.04. The summed E-state index contributed by atoms with van der Waals surface area (Å²) in [6.45, 7) is 2.80. The maximum absolute atomic E-state index is 9.07. The fourth-order valence-electron chi connectivity index (χ4n) is 1.99. The van der Waals surface area contributed by atoms with E-state index in [1.165, 1.54) is 0 Å². The molecule has 0 aliphatic carbocycles. The number of hydrogen-bond donors (Lipinski definition) is 2. The molecule has 1 atom stereocenters. The van der Waals surface area contributed by atoms with Gasteiger partial charge >= 0.3 is 0 Å². The first-order valence-electron chi connectivity index (χ1n) is 5.82. The number of rotatable bonds is 3. The van der Waals surface area contributed by atoms with Crippen molar-refractivity contribution in [2.75, 3.05) is 37.8 Å². The van der Waals surface area contributed by atoms with Crippen molar-refractivity contribution >= 4 is 28.9 Å². The van der Waals surface area contributed by atoms with E-state index in [-0.39, 0.29) is 6.61 Å². The van der Waals surface area contributed by atoms with Crippen molar-refractivity contribution in [1.29, 1.82) is 0 Å². The van der Waals surface area contributed by atoms with Crippen LogP contribution in [0.2, 0.25) is 10.0 Å². The van der Waals surface area contributed by atoms with Gasteiger partial charge in [-0.05, 0) is 11.6 Å². The number of halogens is 2. The van der Waals surface area contributed by atoms with Crippen LogP contribution < -0.4 is 10.6 Å². The Kier molecular flexibility index (Phi) is 4.70. The molecular formula is C12H16Cl2N2O2. The quantitative estimate of drug-likeness (QED) is 0.892. The number of hydrogen-bond acceptors (Lipinski definition) is 4. The van der Waals surface area contributed by atoms with Crippen molar-refractivity contribution in [3.05, 3.63) is 27.7 Å². The van der Waals surface area contributed by atoms with E-state index in [9.17, 15) is 0 Å². The normalized spacial score (nSPS) is 17.9. The molecule has 1 heterocycles. The SMILES string of the molecule is N[C@H](CO)c1ccc(N2CCOCC2)c(Cl)c1Cl. The minimum absolute atomic E-state index is 0.160. The van der Waals surface area contributed by atoms with Gasteiger partial charge < -0.3 is 20.5 Å². The highest BCUT2D eigenvalue weighted by Gasteiger charge is 2.19. The number of aliphatic hydroxyl groups excluding tert-OH is 1. The van der Waals surface area contributed by atoms with Crippen LogP contribution in [-0.4, -0.2) is 38.0 Å². The Balaban J connectivity index is 2.30. The van der Waals surface area contributed by atoms with Crippen LogP contribution in [0.3, 0.4) is 0 Å². The molecule has 1 saturated heterocycles. The molecule has 1 aliphatic heterocycles. The van der Waals surface area contributed by atoms with E-state index in [1.807, 2.05) is 12.1 Å². The van der Waals surface area contributed by atoms with Crippen molar-refractivity contribution in [2.24, 2.45) is 5.73 Å². The van der Waals surface area contributed by atoms with Gasteiger partial charge in [0.15, 0.2) is 0 Å². The topological polar surface area (TPSA) is 58.7 Å². The Labute approximate surface area is 116 Å². The molecule has 0 amide bonds. The Hall–Kier alpha value is -0.520. The van der Waals surface area contributed by atoms with Crippen LogP contribution in [0.4, 0.5) is 5.69 Å². The first kappa shape index (κ1) is 13.9. The van der Waals surface area contributed by atoms with E-state index in [1.54, 1.807) is 0 Å². The van der Waals surface area contributed by atoms with Gasteiger partial charge in [-0.1, -0.05) is 29.3 Å². The lowest BCUT2D eigenvalue weighted by Gasteiger charge is -2.30. The predicted octanol–water partition coefficient (Wildman–Crippen LogP) is 1.82. The summed E-state index contributed by atoms with van der Waals surface area (Å²) in [6.07, 6.45) is 0. The van der Waals surface area contributed by atoms with Gasteiger partial charge in [-0.2, -0.15) is 0 Å². The number of aliphatic hydroxyl groups is 1. The molecule has 0 saturated carbocycles. The van der Waals surface area contributed by atoms with E-state index >= 15 is 0 Å². The molecule has 1 aromatic carbocycles. The maximum Gasteiger partial charge on any atom is 0.0829 e. The number of morpholine rings is 1. The largest absolute Gasteiger partial charge is 0.394 e. The van der Waals surface area contributed by atoms with Crippen molar-refractivity contribution in [3.63, 3.8) is 0 Å². The van der Waals surface area contributed by atoms with Crippen LogP contribution in [0, 0.1) is 0 Å². The molecule has 4 nitrogen and oxygen atoms in total. The second kappa shape index (κ2) is 6.08. The molecule has 2 rings (SSSR count). The van der Waals surface area contributed by atoms with Crippen LogP contribution in [-0.2, 0) is 4.74 Å². The van der Waals surface area contributed by atoms with Gasteiger partial charge in [0.25, 0.3) is 0 Å². The van der Waals surface area contributed by atoms with E-state index in [0.29, 0.717) is 28.8 Å². The average molecular weight is 291 g/mol. The summed E-state index contributed by atoms with van der Waals surface area (Å²) in [5, 5.41) is 9.97. The van der Waals surface area contributed by atoms with Gasteiger partial charge in [0.05, 0.1) is 41.6 Å². The van der Waals surface area contributed by atoms with Crippen molar-refractivity contribution in [3.8, 4) is 0 Å². The highest BCUT2D eigenvalue weighted by molar-refractivity contribution is 6.44. The molecule has 0 bridgehead atoms. The van der Waals surface area contributed by atoms with Gasteiger partial charge in [0.2, 0.25) is 0 Å². The summed E-state index contributed by atoms with van der Waals surface area (Å²) in [5.41, 5.74) is 7.32. The monoisotopic (exact) mass is 290 g/mol. The summed E-state index contributed by atoms with van der Waals surface area (Å²) in [7, 11) is 0. The van der Waals surface area contributed by atoms with Gasteiger partial charge in [-0.25, -0.2) is 0 Å². The highest BCUT2D eigenvalue weighted by atomic mass is 35.5. The molecule has 0 spiro atoms. The van der Waals surface area contributed by atoms with Gasteiger partial charge in [-0.3, -0.25) is 0 Å². The average Bonchev–Trinajstić information content (AvgIpc) is 2.42. The molecule has 0 radical (unpaired) electrons. The third kappa shape index (κ3) is 2.73. The summed E-state index contributed by atoms with van der Waals surface area (Å²) in [5.74, 6) is 0. The van der Waals surface area contributed by atoms with Crippen molar-refractivity contribution < 1.29 is 9.84 Å². The lowest BCUT2D eigenvalue weighted by atomic mass is 10.1. The Morgan fingerprint density at radius 3 is 2.56 bits per heavy atom. The van der Waals surface area contributed by atoms with Gasteiger partial charge in [0.1, 0.15) is 0 Å². The number of nitrogens with zero attached hydrogens (tertiary/aromatic N) is 1. The second-order valence-corrected chi connectivity index (χ2v) is 4.95. The molecule has 18 heavy (non-hydrogen) atoms.